The van der Waals surface area contributed by atoms with Crippen LogP contribution in [0.2, 0.25) is 0 Å². The number of aryl methyl sites for hydroxylation is 1. The molecule has 1 aromatic carbocycles. The minimum atomic E-state index is 0.148. The Morgan fingerprint density at radius 1 is 1.35 bits per heavy atom. The number of hydrogen-bond donors (Lipinski definition) is 0. The van der Waals surface area contributed by atoms with E-state index in [0.29, 0.717) is 24.7 Å². The molecule has 1 aliphatic heterocycles. The fraction of sp³-hybridized carbons (Fsp3) is 0.500. The van der Waals surface area contributed by atoms with Gasteiger partial charge in [-0.25, -0.2) is 0 Å². The van der Waals surface area contributed by atoms with E-state index in [1.807, 2.05) is 43.0 Å². The van der Waals surface area contributed by atoms with Gasteiger partial charge in [0, 0.05) is 25.1 Å². The molecule has 0 bridgehead atoms. The summed E-state index contributed by atoms with van der Waals surface area (Å²) in [6.07, 6.45) is 3.48. The van der Waals surface area contributed by atoms with Crippen molar-refractivity contribution in [3.63, 3.8) is 0 Å². The molecular weight excluding hydrogens is 290 g/mol. The van der Waals surface area contributed by atoms with E-state index in [4.69, 9.17) is 4.42 Å². The Hall–Kier alpha value is -2.17. The smallest absolute Gasteiger partial charge is 0.248 e. The standard InChI is InChI=1S/C18H23N3O2/c1-3-7-16(22)21-11-6-9-14(12-21)17-19-20-18(23-17)15-10-5-4-8-13(15)2/h4-5,8,10,14H,3,6-7,9,11-12H2,1-2H3/t14-/m0/s1. The molecule has 1 fully saturated rings. The van der Waals surface area contributed by atoms with E-state index in [9.17, 15) is 4.79 Å². The highest BCUT2D eigenvalue weighted by atomic mass is 16.4. The van der Waals surface area contributed by atoms with Gasteiger partial charge in [0.1, 0.15) is 0 Å². The summed E-state index contributed by atoms with van der Waals surface area (Å²) in [4.78, 5) is 14.0. The van der Waals surface area contributed by atoms with Gasteiger partial charge in [0.25, 0.3) is 0 Å². The maximum atomic E-state index is 12.1. The van der Waals surface area contributed by atoms with Crippen molar-refractivity contribution in [3.05, 3.63) is 35.7 Å². The second kappa shape index (κ2) is 6.94. The normalized spacial score (nSPS) is 18.2. The number of carbonyl (C=O) groups excluding carboxylic acids is 1. The quantitative estimate of drug-likeness (QED) is 0.866. The van der Waals surface area contributed by atoms with E-state index in [2.05, 4.69) is 10.2 Å². The SMILES string of the molecule is CCCC(=O)N1CCC[C@H](c2nnc(-c3ccccc3C)o2)C1. The Morgan fingerprint density at radius 2 is 2.17 bits per heavy atom. The number of carbonyl (C=O) groups is 1. The van der Waals surface area contributed by atoms with Gasteiger partial charge in [-0.1, -0.05) is 25.1 Å². The van der Waals surface area contributed by atoms with Gasteiger partial charge in [-0.2, -0.15) is 0 Å². The number of piperidine rings is 1. The van der Waals surface area contributed by atoms with Gasteiger partial charge in [-0.05, 0) is 37.8 Å². The number of benzene rings is 1. The number of amides is 1. The molecule has 122 valence electrons. The monoisotopic (exact) mass is 313 g/mol. The Balaban J connectivity index is 1.75. The molecule has 0 saturated carbocycles. The van der Waals surface area contributed by atoms with Crippen LogP contribution in [0.4, 0.5) is 0 Å². The fourth-order valence-electron chi connectivity index (χ4n) is 3.10. The molecule has 1 saturated heterocycles. The molecule has 3 rings (SSSR count). The van der Waals surface area contributed by atoms with Crippen LogP contribution < -0.4 is 0 Å². The number of hydrogen-bond acceptors (Lipinski definition) is 4. The molecule has 1 aromatic heterocycles. The Morgan fingerprint density at radius 3 is 2.96 bits per heavy atom. The lowest BCUT2D eigenvalue weighted by molar-refractivity contribution is -0.132. The number of rotatable bonds is 4. The van der Waals surface area contributed by atoms with Crippen LogP contribution in [0.15, 0.2) is 28.7 Å². The number of aromatic nitrogens is 2. The Bertz CT molecular complexity index is 680. The Kier molecular flexibility index (Phi) is 4.74. The number of nitrogens with zero attached hydrogens (tertiary/aromatic N) is 3. The lowest BCUT2D eigenvalue weighted by Gasteiger charge is -2.31. The van der Waals surface area contributed by atoms with E-state index in [1.165, 1.54) is 0 Å². The van der Waals surface area contributed by atoms with Gasteiger partial charge in [0.15, 0.2) is 0 Å². The third kappa shape index (κ3) is 3.44. The predicted molar refractivity (Wildman–Crippen MR) is 87.9 cm³/mol. The van der Waals surface area contributed by atoms with Crippen molar-refractivity contribution in [1.82, 2.24) is 15.1 Å². The van der Waals surface area contributed by atoms with Gasteiger partial charge < -0.3 is 9.32 Å². The minimum Gasteiger partial charge on any atom is -0.420 e. The van der Waals surface area contributed by atoms with Crippen LogP contribution in [0.5, 0.6) is 0 Å². The summed E-state index contributed by atoms with van der Waals surface area (Å²) in [6, 6.07) is 7.99. The van der Waals surface area contributed by atoms with Crippen molar-refractivity contribution in [3.8, 4) is 11.5 Å². The van der Waals surface area contributed by atoms with Crippen LogP contribution >= 0.6 is 0 Å². The van der Waals surface area contributed by atoms with Crippen molar-refractivity contribution in [1.29, 1.82) is 0 Å². The van der Waals surface area contributed by atoms with Crippen LogP contribution in [-0.4, -0.2) is 34.1 Å². The van der Waals surface area contributed by atoms with Crippen LogP contribution in [0.1, 0.15) is 50.0 Å². The highest BCUT2D eigenvalue weighted by molar-refractivity contribution is 5.76. The molecule has 0 unspecified atom stereocenters. The molecule has 23 heavy (non-hydrogen) atoms. The molecule has 1 atom stereocenters. The van der Waals surface area contributed by atoms with Crippen molar-refractivity contribution in [2.45, 2.75) is 45.4 Å². The summed E-state index contributed by atoms with van der Waals surface area (Å²) in [7, 11) is 0. The van der Waals surface area contributed by atoms with Crippen LogP contribution in [0.25, 0.3) is 11.5 Å². The summed E-state index contributed by atoms with van der Waals surface area (Å²) in [6.45, 7) is 5.60. The molecule has 0 aliphatic carbocycles. The summed E-state index contributed by atoms with van der Waals surface area (Å²) in [5.74, 6) is 1.60. The van der Waals surface area contributed by atoms with Crippen molar-refractivity contribution in [2.75, 3.05) is 13.1 Å². The van der Waals surface area contributed by atoms with Crippen LogP contribution in [0, 0.1) is 6.92 Å². The van der Waals surface area contributed by atoms with E-state index < -0.39 is 0 Å². The Labute approximate surface area is 136 Å². The fourth-order valence-corrected chi connectivity index (χ4v) is 3.10. The maximum absolute atomic E-state index is 12.1. The summed E-state index contributed by atoms with van der Waals surface area (Å²) in [5.41, 5.74) is 2.09. The molecule has 2 aromatic rings. The lowest BCUT2D eigenvalue weighted by Crippen LogP contribution is -2.39. The first-order valence-corrected chi connectivity index (χ1v) is 8.36. The first-order valence-electron chi connectivity index (χ1n) is 8.36. The van der Waals surface area contributed by atoms with Gasteiger partial charge in [0.2, 0.25) is 17.7 Å². The van der Waals surface area contributed by atoms with Gasteiger partial charge in [-0.15, -0.1) is 10.2 Å². The van der Waals surface area contributed by atoms with Crippen molar-refractivity contribution < 1.29 is 9.21 Å². The first-order chi connectivity index (χ1) is 11.2. The molecule has 0 N–H and O–H groups in total. The van der Waals surface area contributed by atoms with Crippen molar-refractivity contribution in [2.24, 2.45) is 0 Å². The molecule has 2 heterocycles. The summed E-state index contributed by atoms with van der Waals surface area (Å²) in [5, 5.41) is 8.45. The zero-order valence-corrected chi connectivity index (χ0v) is 13.8. The zero-order chi connectivity index (χ0) is 16.2. The third-order valence-electron chi connectivity index (χ3n) is 4.40. The summed E-state index contributed by atoms with van der Waals surface area (Å²) >= 11 is 0. The first kappa shape index (κ1) is 15.7. The highest BCUT2D eigenvalue weighted by Crippen LogP contribution is 2.29. The largest absolute Gasteiger partial charge is 0.420 e. The topological polar surface area (TPSA) is 59.2 Å². The maximum Gasteiger partial charge on any atom is 0.248 e. The van der Waals surface area contributed by atoms with E-state index in [0.717, 1.165) is 36.9 Å². The van der Waals surface area contributed by atoms with Crippen LogP contribution in [-0.2, 0) is 4.79 Å². The van der Waals surface area contributed by atoms with Gasteiger partial charge in [-0.3, -0.25) is 4.79 Å². The average Bonchev–Trinajstić information content (AvgIpc) is 3.05. The van der Waals surface area contributed by atoms with Gasteiger partial charge >= 0.3 is 0 Å². The molecule has 5 nitrogen and oxygen atoms in total. The molecular formula is C18H23N3O2. The molecule has 5 heteroatoms. The van der Waals surface area contributed by atoms with Crippen LogP contribution in [0.3, 0.4) is 0 Å². The number of likely N-dealkylation sites (tertiary alicyclic amines) is 1. The molecule has 1 amide bonds. The molecule has 0 spiro atoms. The third-order valence-corrected chi connectivity index (χ3v) is 4.40. The van der Waals surface area contributed by atoms with Crippen molar-refractivity contribution >= 4 is 5.91 Å². The second-order valence-electron chi connectivity index (χ2n) is 6.19. The minimum absolute atomic E-state index is 0.148. The molecule has 0 radical (unpaired) electrons. The van der Waals surface area contributed by atoms with E-state index in [-0.39, 0.29) is 11.8 Å². The van der Waals surface area contributed by atoms with E-state index in [1.54, 1.807) is 0 Å². The zero-order valence-electron chi connectivity index (χ0n) is 13.8. The lowest BCUT2D eigenvalue weighted by atomic mass is 9.97. The van der Waals surface area contributed by atoms with Gasteiger partial charge in [0.05, 0.1) is 5.92 Å². The van der Waals surface area contributed by atoms with E-state index >= 15 is 0 Å². The molecule has 1 aliphatic rings. The predicted octanol–water partition coefficient (Wildman–Crippen LogP) is 3.55. The second-order valence-corrected chi connectivity index (χ2v) is 6.19. The summed E-state index contributed by atoms with van der Waals surface area (Å²) < 4.78 is 5.92. The highest BCUT2D eigenvalue weighted by Gasteiger charge is 2.28. The average molecular weight is 313 g/mol.